The Morgan fingerprint density at radius 2 is 1.89 bits per heavy atom. The minimum absolute atomic E-state index is 0.0146. The Kier molecular flexibility index (Phi) is 7.03. The monoisotopic (exact) mass is 519 g/mol. The lowest BCUT2D eigenvalue weighted by Gasteiger charge is -2.47. The molecule has 0 N–H and O–H groups in total. The highest BCUT2D eigenvalue weighted by Gasteiger charge is 2.37. The normalized spacial score (nSPS) is 19.8. The second-order valence-electron chi connectivity index (χ2n) is 9.51. The first-order valence-corrected chi connectivity index (χ1v) is 12.1. The first-order chi connectivity index (χ1) is 17.4. The Morgan fingerprint density at radius 3 is 2.51 bits per heavy atom. The van der Waals surface area contributed by atoms with Gasteiger partial charge in [0, 0.05) is 50.4 Å². The highest BCUT2D eigenvalue weighted by molar-refractivity contribution is 5.84. The minimum atomic E-state index is -4.57. The SMILES string of the molecule is CCn1c(CC#N)nc2c(N3C[C@@H](C)N(C(C)c4cc(C(F)(F)F)ccc4F)C[C@@H]3C)nc(=O)n(C)c21. The number of anilines is 1. The molecule has 8 nitrogen and oxygen atoms in total. The van der Waals surface area contributed by atoms with Crippen molar-refractivity contribution in [3.8, 4) is 6.07 Å². The molecule has 1 aliphatic heterocycles. The molecule has 1 aliphatic rings. The van der Waals surface area contributed by atoms with Crippen molar-refractivity contribution in [2.45, 2.75) is 65.0 Å². The average molecular weight is 520 g/mol. The summed E-state index contributed by atoms with van der Waals surface area (Å²) in [6.45, 7) is 8.75. The van der Waals surface area contributed by atoms with Crippen molar-refractivity contribution in [2.75, 3.05) is 18.0 Å². The lowest BCUT2D eigenvalue weighted by molar-refractivity contribution is -0.137. The number of benzene rings is 1. The van der Waals surface area contributed by atoms with Crippen LogP contribution in [-0.2, 0) is 26.2 Å². The van der Waals surface area contributed by atoms with Crippen LogP contribution < -0.4 is 10.6 Å². The number of piperazine rings is 1. The number of rotatable bonds is 5. The fourth-order valence-electron chi connectivity index (χ4n) is 5.23. The van der Waals surface area contributed by atoms with E-state index in [2.05, 4.69) is 16.0 Å². The molecule has 1 aromatic carbocycles. The predicted octanol–water partition coefficient (Wildman–Crippen LogP) is 4.03. The van der Waals surface area contributed by atoms with E-state index in [0.717, 1.165) is 18.2 Å². The number of alkyl halides is 3. The number of imidazole rings is 1. The standard InChI is InChI=1S/C25H29F4N7O/c1-6-34-20(9-10-30)31-21-22(32-24(37)33(5)23(21)34)36-13-14(2)35(12-15(36)3)16(4)18-11-17(25(27,28)29)7-8-19(18)26/h7-8,11,14-16H,6,9,12-13H2,1-5H3/t14-,15+,16?/m1/s1. The van der Waals surface area contributed by atoms with Crippen molar-refractivity contribution in [3.63, 3.8) is 0 Å². The van der Waals surface area contributed by atoms with Gasteiger partial charge in [0.2, 0.25) is 0 Å². The zero-order valence-electron chi connectivity index (χ0n) is 21.3. The van der Waals surface area contributed by atoms with Gasteiger partial charge in [-0.05, 0) is 45.9 Å². The van der Waals surface area contributed by atoms with Gasteiger partial charge in [0.15, 0.2) is 5.82 Å². The molecule has 3 atom stereocenters. The molecular formula is C25H29F4N7O. The largest absolute Gasteiger partial charge is 0.416 e. The van der Waals surface area contributed by atoms with Gasteiger partial charge in [-0.3, -0.25) is 9.47 Å². The third-order valence-corrected chi connectivity index (χ3v) is 7.17. The third-order valence-electron chi connectivity index (χ3n) is 7.17. The van der Waals surface area contributed by atoms with E-state index in [1.54, 1.807) is 14.0 Å². The van der Waals surface area contributed by atoms with Crippen LogP contribution in [0.15, 0.2) is 23.0 Å². The van der Waals surface area contributed by atoms with Gasteiger partial charge in [0.25, 0.3) is 0 Å². The smallest absolute Gasteiger partial charge is 0.349 e. The van der Waals surface area contributed by atoms with E-state index in [1.807, 2.05) is 35.1 Å². The second kappa shape index (κ2) is 9.78. The molecule has 0 aliphatic carbocycles. The summed E-state index contributed by atoms with van der Waals surface area (Å²) >= 11 is 0. The van der Waals surface area contributed by atoms with Gasteiger partial charge in [-0.2, -0.15) is 23.4 Å². The molecule has 1 saturated heterocycles. The van der Waals surface area contributed by atoms with Crippen LogP contribution in [0.4, 0.5) is 23.4 Å². The molecule has 2 aromatic heterocycles. The van der Waals surface area contributed by atoms with Gasteiger partial charge < -0.3 is 9.47 Å². The molecule has 0 amide bonds. The van der Waals surface area contributed by atoms with E-state index in [9.17, 15) is 27.6 Å². The summed E-state index contributed by atoms with van der Waals surface area (Å²) in [5.41, 5.74) is -0.272. The zero-order chi connectivity index (χ0) is 27.2. The number of hydrogen-bond acceptors (Lipinski definition) is 6. The van der Waals surface area contributed by atoms with Gasteiger partial charge in [0.05, 0.1) is 18.1 Å². The van der Waals surface area contributed by atoms with E-state index in [4.69, 9.17) is 0 Å². The van der Waals surface area contributed by atoms with E-state index >= 15 is 0 Å². The maximum Gasteiger partial charge on any atom is 0.416 e. The Hall–Kier alpha value is -3.46. The fraction of sp³-hybridized carbons (Fsp3) is 0.520. The Balaban J connectivity index is 1.71. The van der Waals surface area contributed by atoms with Gasteiger partial charge in [0.1, 0.15) is 22.8 Å². The van der Waals surface area contributed by atoms with Crippen LogP contribution in [0.5, 0.6) is 0 Å². The lowest BCUT2D eigenvalue weighted by Crippen LogP contribution is -2.57. The van der Waals surface area contributed by atoms with Crippen molar-refractivity contribution in [1.82, 2.24) is 24.0 Å². The van der Waals surface area contributed by atoms with E-state index in [1.165, 1.54) is 4.57 Å². The maximum absolute atomic E-state index is 14.6. The molecule has 37 heavy (non-hydrogen) atoms. The average Bonchev–Trinajstić information content (AvgIpc) is 3.20. The van der Waals surface area contributed by atoms with Crippen molar-refractivity contribution in [2.24, 2.45) is 7.05 Å². The first-order valence-electron chi connectivity index (χ1n) is 12.1. The Morgan fingerprint density at radius 1 is 1.19 bits per heavy atom. The topological polar surface area (TPSA) is 83.0 Å². The summed E-state index contributed by atoms with van der Waals surface area (Å²) in [6.07, 6.45) is -4.49. The number of aromatic nitrogens is 4. The number of hydrogen-bond donors (Lipinski definition) is 0. The number of aryl methyl sites for hydroxylation is 2. The molecule has 3 aromatic rings. The first kappa shape index (κ1) is 26.6. The quantitative estimate of drug-likeness (QED) is 0.474. The number of fused-ring (bicyclic) bond motifs is 1. The van der Waals surface area contributed by atoms with Crippen molar-refractivity contribution < 1.29 is 17.6 Å². The van der Waals surface area contributed by atoms with Crippen LogP contribution in [0.2, 0.25) is 0 Å². The van der Waals surface area contributed by atoms with E-state index in [0.29, 0.717) is 42.4 Å². The summed E-state index contributed by atoms with van der Waals surface area (Å²) in [6, 6.07) is 3.58. The molecule has 0 bridgehead atoms. The lowest BCUT2D eigenvalue weighted by atomic mass is 9.98. The van der Waals surface area contributed by atoms with Crippen LogP contribution in [0.1, 0.15) is 50.7 Å². The molecule has 1 fully saturated rings. The van der Waals surface area contributed by atoms with Crippen LogP contribution in [0.25, 0.3) is 11.2 Å². The summed E-state index contributed by atoms with van der Waals surface area (Å²) in [5, 5.41) is 9.25. The molecule has 4 rings (SSSR count). The summed E-state index contributed by atoms with van der Waals surface area (Å²) in [7, 11) is 1.61. The number of halogens is 4. The molecule has 1 unspecified atom stereocenters. The maximum atomic E-state index is 14.6. The Labute approximate surface area is 211 Å². The highest BCUT2D eigenvalue weighted by Crippen LogP contribution is 2.36. The van der Waals surface area contributed by atoms with Gasteiger partial charge in [-0.15, -0.1) is 0 Å². The number of nitrogens with zero attached hydrogens (tertiary/aromatic N) is 7. The third kappa shape index (κ3) is 4.68. The summed E-state index contributed by atoms with van der Waals surface area (Å²) in [4.78, 5) is 25.7. The molecule has 3 heterocycles. The van der Waals surface area contributed by atoms with Crippen molar-refractivity contribution >= 4 is 17.0 Å². The van der Waals surface area contributed by atoms with Crippen LogP contribution in [0, 0.1) is 17.1 Å². The van der Waals surface area contributed by atoms with Crippen LogP contribution >= 0.6 is 0 Å². The molecule has 0 saturated carbocycles. The van der Waals surface area contributed by atoms with Crippen LogP contribution in [0.3, 0.4) is 0 Å². The van der Waals surface area contributed by atoms with Gasteiger partial charge >= 0.3 is 11.9 Å². The molecule has 0 radical (unpaired) electrons. The molecular weight excluding hydrogens is 490 g/mol. The summed E-state index contributed by atoms with van der Waals surface area (Å²) < 4.78 is 57.7. The van der Waals surface area contributed by atoms with Crippen molar-refractivity contribution in [1.29, 1.82) is 5.26 Å². The summed E-state index contributed by atoms with van der Waals surface area (Å²) in [5.74, 6) is 0.256. The molecule has 12 heteroatoms. The van der Waals surface area contributed by atoms with Gasteiger partial charge in [-0.1, -0.05) is 0 Å². The second-order valence-corrected chi connectivity index (χ2v) is 9.51. The van der Waals surface area contributed by atoms with Crippen molar-refractivity contribution in [3.05, 3.63) is 51.5 Å². The van der Waals surface area contributed by atoms with Gasteiger partial charge in [-0.25, -0.2) is 14.2 Å². The molecule has 198 valence electrons. The number of nitriles is 1. The van der Waals surface area contributed by atoms with Crippen LogP contribution in [-0.4, -0.2) is 49.2 Å². The van der Waals surface area contributed by atoms with E-state index < -0.39 is 29.3 Å². The minimum Gasteiger partial charge on any atom is -0.349 e. The predicted molar refractivity (Wildman–Crippen MR) is 131 cm³/mol. The highest BCUT2D eigenvalue weighted by atomic mass is 19.4. The van der Waals surface area contributed by atoms with E-state index in [-0.39, 0.29) is 24.1 Å². The fourth-order valence-corrected chi connectivity index (χ4v) is 5.23. The zero-order valence-corrected chi connectivity index (χ0v) is 21.3. The Bertz CT molecular complexity index is 1420. The molecule has 0 spiro atoms.